The molecular weight excluding hydrogens is 628 g/mol. The van der Waals surface area contributed by atoms with Gasteiger partial charge in [0, 0.05) is 41.2 Å². The number of urea groups is 1. The van der Waals surface area contributed by atoms with Crippen molar-refractivity contribution in [2.45, 2.75) is 129 Å². The number of nitrogens with zero attached hydrogens (tertiary/aromatic N) is 2. The van der Waals surface area contributed by atoms with E-state index in [1.807, 2.05) is 79.7 Å². The fourth-order valence-corrected chi connectivity index (χ4v) is 6.00. The van der Waals surface area contributed by atoms with E-state index in [0.717, 1.165) is 23.9 Å². The van der Waals surface area contributed by atoms with Crippen LogP contribution in [0.15, 0.2) is 24.3 Å². The van der Waals surface area contributed by atoms with Crippen LogP contribution in [0.5, 0.6) is 11.5 Å². The summed E-state index contributed by atoms with van der Waals surface area (Å²) in [6, 6.07) is 4.01. The Labute approximate surface area is 289 Å². The highest BCUT2D eigenvalue weighted by Crippen LogP contribution is 2.33. The van der Waals surface area contributed by atoms with Gasteiger partial charge in [-0.2, -0.15) is 0 Å². The monoisotopic (exact) mass is 682 g/mol. The van der Waals surface area contributed by atoms with E-state index in [2.05, 4.69) is 26.3 Å². The van der Waals surface area contributed by atoms with Gasteiger partial charge in [0.15, 0.2) is 6.10 Å². The van der Waals surface area contributed by atoms with E-state index in [0.29, 0.717) is 29.9 Å². The van der Waals surface area contributed by atoms with Crippen LogP contribution < -0.4 is 30.7 Å². The number of fused-ring (bicyclic) bond motifs is 1. The summed E-state index contributed by atoms with van der Waals surface area (Å²) in [5.74, 6) is -0.280. The summed E-state index contributed by atoms with van der Waals surface area (Å²) in [6.07, 6.45) is 0.789. The number of ether oxygens (including phenoxy) is 2. The number of rotatable bonds is 12. The number of amides is 5. The number of likely N-dealkylation sites (tertiary alicyclic amines) is 1. The molecule has 1 aromatic heterocycles. The van der Waals surface area contributed by atoms with Crippen molar-refractivity contribution < 1.29 is 33.8 Å². The molecule has 5 amide bonds. The van der Waals surface area contributed by atoms with Gasteiger partial charge in [0.2, 0.25) is 11.8 Å². The second-order valence-corrected chi connectivity index (χ2v) is 15.4. The molecule has 2 aliphatic rings. The summed E-state index contributed by atoms with van der Waals surface area (Å²) in [5.41, 5.74) is 0.142. The highest BCUT2D eigenvalue weighted by Gasteiger charge is 2.47. The first-order chi connectivity index (χ1) is 22.9. The lowest BCUT2D eigenvalue weighted by atomic mass is 9.85. The van der Waals surface area contributed by atoms with E-state index in [4.69, 9.17) is 9.47 Å². The molecule has 13 nitrogen and oxygen atoms in total. The zero-order chi connectivity index (χ0) is 36.3. The van der Waals surface area contributed by atoms with Crippen LogP contribution in [0.25, 0.3) is 10.9 Å². The Morgan fingerprint density at radius 2 is 1.76 bits per heavy atom. The summed E-state index contributed by atoms with van der Waals surface area (Å²) in [4.78, 5) is 60.4. The molecule has 0 bridgehead atoms. The number of hydrogen-bond acceptors (Lipinski definition) is 8. The lowest BCUT2D eigenvalue weighted by Crippen LogP contribution is -2.61. The first-order valence-corrected chi connectivity index (χ1v) is 17.2. The van der Waals surface area contributed by atoms with Gasteiger partial charge in [-0.1, -0.05) is 34.1 Å². The third kappa shape index (κ3) is 9.96. The molecule has 1 saturated carbocycles. The molecule has 0 radical (unpaired) electrons. The molecule has 13 heteroatoms. The van der Waals surface area contributed by atoms with Gasteiger partial charge in [0.25, 0.3) is 5.91 Å². The summed E-state index contributed by atoms with van der Waals surface area (Å²) >= 11 is 0. The molecule has 49 heavy (non-hydrogen) atoms. The van der Waals surface area contributed by atoms with Gasteiger partial charge in [-0.05, 0) is 64.5 Å². The van der Waals surface area contributed by atoms with Gasteiger partial charge in [0.05, 0.1) is 25.2 Å². The number of pyridine rings is 1. The molecule has 1 aliphatic heterocycles. The van der Waals surface area contributed by atoms with Crippen LogP contribution in [0.2, 0.25) is 0 Å². The Hall–Kier alpha value is -4.13. The minimum Gasteiger partial charge on any atom is -0.497 e. The van der Waals surface area contributed by atoms with Crippen molar-refractivity contribution in [2.75, 3.05) is 13.7 Å². The SMILES string of the molecule is CCC[C@H](NC(=O)[C@@H]1C[C@@H](Oc2cc(C)nc3cc(OC)ccc23)CN1C(=O)[C@@H](NC(=O)NC(C)(C)C)C(C)(C)C)[C@@H](O)C(=O)NC1CC1. The Kier molecular flexibility index (Phi) is 11.7. The maximum absolute atomic E-state index is 14.4. The molecule has 5 N–H and O–H groups in total. The zero-order valence-electron chi connectivity index (χ0n) is 30.3. The van der Waals surface area contributed by atoms with Gasteiger partial charge in [0.1, 0.15) is 29.7 Å². The number of nitrogens with one attached hydrogen (secondary N) is 4. The molecule has 1 aliphatic carbocycles. The number of carbonyl (C=O) groups is 4. The van der Waals surface area contributed by atoms with Crippen LogP contribution in [-0.2, 0) is 14.4 Å². The summed E-state index contributed by atoms with van der Waals surface area (Å²) in [5, 5.41) is 23.1. The third-order valence-electron chi connectivity index (χ3n) is 8.63. The number of methoxy groups -OCH3 is 1. The highest BCUT2D eigenvalue weighted by atomic mass is 16.5. The molecule has 5 atom stereocenters. The molecule has 270 valence electrons. The van der Waals surface area contributed by atoms with Gasteiger partial charge in [-0.3, -0.25) is 19.4 Å². The van der Waals surface area contributed by atoms with Gasteiger partial charge >= 0.3 is 6.03 Å². The maximum atomic E-state index is 14.4. The van der Waals surface area contributed by atoms with Crippen molar-refractivity contribution >= 4 is 34.7 Å². The summed E-state index contributed by atoms with van der Waals surface area (Å²) in [7, 11) is 1.58. The van der Waals surface area contributed by atoms with E-state index >= 15 is 0 Å². The molecule has 0 spiro atoms. The van der Waals surface area contributed by atoms with Crippen LogP contribution in [0.4, 0.5) is 4.79 Å². The number of hydrogen-bond donors (Lipinski definition) is 5. The molecule has 2 fully saturated rings. The molecule has 1 aromatic carbocycles. The van der Waals surface area contributed by atoms with E-state index in [1.54, 1.807) is 7.11 Å². The lowest BCUT2D eigenvalue weighted by molar-refractivity contribution is -0.143. The predicted octanol–water partition coefficient (Wildman–Crippen LogP) is 3.34. The molecule has 2 aromatic rings. The number of aliphatic hydroxyl groups excluding tert-OH is 1. The molecule has 4 rings (SSSR count). The predicted molar refractivity (Wildman–Crippen MR) is 186 cm³/mol. The average molecular weight is 683 g/mol. The van der Waals surface area contributed by atoms with Crippen LogP contribution in [-0.4, -0.2) is 94.3 Å². The molecule has 1 saturated heterocycles. The van der Waals surface area contributed by atoms with Crippen molar-refractivity contribution in [1.29, 1.82) is 0 Å². The van der Waals surface area contributed by atoms with E-state index in [9.17, 15) is 24.3 Å². The van der Waals surface area contributed by atoms with E-state index in [-0.39, 0.29) is 19.0 Å². The Bertz CT molecular complexity index is 1530. The van der Waals surface area contributed by atoms with Gasteiger partial charge in [-0.15, -0.1) is 0 Å². The lowest BCUT2D eigenvalue weighted by Gasteiger charge is -2.36. The standard InChI is InChI=1S/C36H54N6O7/c1-10-11-25(29(43)32(45)38-21-12-13-21)39-31(44)27-18-23(49-28-16-20(2)37-26-17-22(48-9)14-15-24(26)28)19-42(27)33(46)30(35(3,4)5)40-34(47)41-36(6,7)8/h14-17,21,23,25,27,29-30,43H,10-13,18-19H2,1-9H3,(H,38,45)(H,39,44)(H2,40,41,47)/t23-,25+,27+,29-,30-/m1/s1. The quantitative estimate of drug-likeness (QED) is 0.227. The average Bonchev–Trinajstić information content (AvgIpc) is 3.72. The molecule has 0 unspecified atom stereocenters. The van der Waals surface area contributed by atoms with Gasteiger partial charge in [-0.25, -0.2) is 4.79 Å². The van der Waals surface area contributed by atoms with Crippen molar-refractivity contribution in [3.05, 3.63) is 30.0 Å². The fraction of sp³-hybridized carbons (Fsp3) is 0.639. The number of aromatic nitrogens is 1. The maximum Gasteiger partial charge on any atom is 0.315 e. The molecule has 2 heterocycles. The van der Waals surface area contributed by atoms with Crippen LogP contribution in [0.1, 0.15) is 86.3 Å². The van der Waals surface area contributed by atoms with E-state index < -0.39 is 65.0 Å². The van der Waals surface area contributed by atoms with Gasteiger partial charge < -0.3 is 40.7 Å². The number of carbonyl (C=O) groups excluding carboxylic acids is 4. The second-order valence-electron chi connectivity index (χ2n) is 15.4. The highest BCUT2D eigenvalue weighted by molar-refractivity contribution is 5.94. The van der Waals surface area contributed by atoms with Crippen molar-refractivity contribution in [3.63, 3.8) is 0 Å². The van der Waals surface area contributed by atoms with E-state index in [1.165, 1.54) is 4.90 Å². The largest absolute Gasteiger partial charge is 0.497 e. The van der Waals surface area contributed by atoms with Crippen molar-refractivity contribution in [3.8, 4) is 11.5 Å². The first-order valence-electron chi connectivity index (χ1n) is 17.2. The van der Waals surface area contributed by atoms with Crippen LogP contribution in [0.3, 0.4) is 0 Å². The number of benzene rings is 1. The second kappa shape index (κ2) is 15.2. The van der Waals surface area contributed by atoms with Crippen LogP contribution in [0, 0.1) is 12.3 Å². The van der Waals surface area contributed by atoms with Crippen molar-refractivity contribution in [2.24, 2.45) is 5.41 Å². The number of aryl methyl sites for hydroxylation is 1. The Morgan fingerprint density at radius 1 is 1.06 bits per heavy atom. The number of aliphatic hydroxyl groups is 1. The Morgan fingerprint density at radius 3 is 2.35 bits per heavy atom. The minimum absolute atomic E-state index is 0.0484. The third-order valence-corrected chi connectivity index (χ3v) is 8.63. The van der Waals surface area contributed by atoms with Crippen LogP contribution >= 0.6 is 0 Å². The smallest absolute Gasteiger partial charge is 0.315 e. The normalized spacial score (nSPS) is 19.8. The zero-order valence-corrected chi connectivity index (χ0v) is 30.3. The molecular formula is C36H54N6O7. The summed E-state index contributed by atoms with van der Waals surface area (Å²) in [6.45, 7) is 14.9. The first kappa shape index (κ1) is 37.7. The topological polar surface area (TPSA) is 171 Å². The van der Waals surface area contributed by atoms with Crippen molar-refractivity contribution in [1.82, 2.24) is 31.2 Å². The fourth-order valence-electron chi connectivity index (χ4n) is 6.00. The summed E-state index contributed by atoms with van der Waals surface area (Å²) < 4.78 is 11.9. The Balaban J connectivity index is 1.65. The minimum atomic E-state index is -1.45.